The van der Waals surface area contributed by atoms with Crippen LogP contribution < -0.4 is 5.32 Å². The first-order valence-electron chi connectivity index (χ1n) is 8.04. The zero-order chi connectivity index (χ0) is 18.4. The average Bonchev–Trinajstić information content (AvgIpc) is 2.49. The smallest absolute Gasteiger partial charge is 0.381 e. The van der Waals surface area contributed by atoms with Gasteiger partial charge >= 0.3 is 6.18 Å². The van der Waals surface area contributed by atoms with Crippen LogP contribution in [0.5, 0.6) is 0 Å². The maximum Gasteiger partial charge on any atom is 0.416 e. The molecule has 3 nitrogen and oxygen atoms in total. The molecule has 0 heterocycles. The van der Waals surface area contributed by atoms with E-state index in [2.05, 4.69) is 5.32 Å². The van der Waals surface area contributed by atoms with Gasteiger partial charge in [-0.15, -0.1) is 0 Å². The first-order valence-corrected chi connectivity index (χ1v) is 8.04. The van der Waals surface area contributed by atoms with Crippen molar-refractivity contribution in [1.82, 2.24) is 5.32 Å². The molecule has 0 fully saturated rings. The summed E-state index contributed by atoms with van der Waals surface area (Å²) in [6, 6.07) is 5.22. The Bertz CT molecular complexity index is 539. The molecular weight excluding hydrogens is 319 g/mol. The van der Waals surface area contributed by atoms with E-state index in [9.17, 15) is 18.0 Å². The Morgan fingerprint density at radius 1 is 1.21 bits per heavy atom. The van der Waals surface area contributed by atoms with E-state index in [1.165, 1.54) is 6.07 Å². The van der Waals surface area contributed by atoms with Crippen LogP contribution in [0.1, 0.15) is 45.2 Å². The zero-order valence-electron chi connectivity index (χ0n) is 14.7. The van der Waals surface area contributed by atoms with Crippen molar-refractivity contribution in [3.8, 4) is 0 Å². The molecule has 0 aliphatic heterocycles. The fraction of sp³-hybridized carbons (Fsp3) is 0.611. The summed E-state index contributed by atoms with van der Waals surface area (Å²) >= 11 is 0. The number of benzene rings is 1. The van der Waals surface area contributed by atoms with Crippen molar-refractivity contribution in [2.75, 3.05) is 19.8 Å². The number of carbonyl (C=O) groups excluding carboxylic acids is 1. The molecule has 0 unspecified atom stereocenters. The summed E-state index contributed by atoms with van der Waals surface area (Å²) in [7, 11) is 0. The fourth-order valence-corrected chi connectivity index (χ4v) is 2.11. The van der Waals surface area contributed by atoms with Gasteiger partial charge in [0.05, 0.1) is 12.2 Å². The van der Waals surface area contributed by atoms with Gasteiger partial charge < -0.3 is 10.1 Å². The molecule has 0 atom stereocenters. The van der Waals surface area contributed by atoms with Gasteiger partial charge in [0.15, 0.2) is 0 Å². The SMILES string of the molecule is CC(C)COCCC(=O)NCC(C)(C)c1cccc(C(F)(F)F)c1. The molecule has 0 saturated carbocycles. The summed E-state index contributed by atoms with van der Waals surface area (Å²) in [5.74, 6) is 0.242. The van der Waals surface area contributed by atoms with Gasteiger partial charge in [-0.25, -0.2) is 0 Å². The third-order valence-corrected chi connectivity index (χ3v) is 3.62. The van der Waals surface area contributed by atoms with Crippen molar-refractivity contribution < 1.29 is 22.7 Å². The van der Waals surface area contributed by atoms with Gasteiger partial charge in [-0.05, 0) is 17.5 Å². The molecule has 6 heteroatoms. The number of halogens is 3. The van der Waals surface area contributed by atoms with E-state index < -0.39 is 17.2 Å². The van der Waals surface area contributed by atoms with Gasteiger partial charge in [-0.1, -0.05) is 45.9 Å². The monoisotopic (exact) mass is 345 g/mol. The third kappa shape index (κ3) is 6.91. The highest BCUT2D eigenvalue weighted by Crippen LogP contribution is 2.32. The molecule has 0 bridgehead atoms. The van der Waals surface area contributed by atoms with Crippen LogP contribution in [-0.2, 0) is 21.1 Å². The summed E-state index contributed by atoms with van der Waals surface area (Å²) < 4.78 is 43.8. The second-order valence-electron chi connectivity index (χ2n) is 6.96. The molecule has 1 aromatic carbocycles. The quantitative estimate of drug-likeness (QED) is 0.719. The highest BCUT2D eigenvalue weighted by molar-refractivity contribution is 5.76. The van der Waals surface area contributed by atoms with E-state index in [4.69, 9.17) is 4.74 Å². The van der Waals surface area contributed by atoms with Crippen LogP contribution >= 0.6 is 0 Å². The first kappa shape index (κ1) is 20.5. The average molecular weight is 345 g/mol. The molecule has 1 rings (SSSR count). The first-order chi connectivity index (χ1) is 11.0. The van der Waals surface area contributed by atoms with Crippen LogP contribution in [0.3, 0.4) is 0 Å². The Hall–Kier alpha value is -1.56. The van der Waals surface area contributed by atoms with E-state index >= 15 is 0 Å². The number of amides is 1. The lowest BCUT2D eigenvalue weighted by Gasteiger charge is -2.26. The predicted octanol–water partition coefficient (Wildman–Crippen LogP) is 4.16. The summed E-state index contributed by atoms with van der Waals surface area (Å²) in [6.07, 6.45) is -4.13. The van der Waals surface area contributed by atoms with Crippen LogP contribution in [0.15, 0.2) is 24.3 Å². The van der Waals surface area contributed by atoms with E-state index in [-0.39, 0.29) is 18.9 Å². The van der Waals surface area contributed by atoms with Gasteiger partial charge in [-0.3, -0.25) is 4.79 Å². The van der Waals surface area contributed by atoms with Crippen molar-refractivity contribution in [2.24, 2.45) is 5.92 Å². The Labute approximate surface area is 141 Å². The summed E-state index contributed by atoms with van der Waals surface area (Å²) in [5.41, 5.74) is -0.745. The number of hydrogen-bond acceptors (Lipinski definition) is 2. The molecule has 136 valence electrons. The topological polar surface area (TPSA) is 38.3 Å². The van der Waals surface area contributed by atoms with E-state index in [0.717, 1.165) is 12.1 Å². The predicted molar refractivity (Wildman–Crippen MR) is 87.8 cm³/mol. The molecule has 0 radical (unpaired) electrons. The molecule has 0 aromatic heterocycles. The molecular formula is C18H26F3NO2. The second-order valence-corrected chi connectivity index (χ2v) is 6.96. The van der Waals surface area contributed by atoms with Gasteiger partial charge in [0.25, 0.3) is 0 Å². The van der Waals surface area contributed by atoms with Crippen LogP contribution in [0, 0.1) is 5.92 Å². The minimum Gasteiger partial charge on any atom is -0.381 e. The van der Waals surface area contributed by atoms with E-state index in [1.807, 2.05) is 13.8 Å². The lowest BCUT2D eigenvalue weighted by atomic mass is 9.83. The van der Waals surface area contributed by atoms with Crippen molar-refractivity contribution in [2.45, 2.75) is 45.7 Å². The highest BCUT2D eigenvalue weighted by Gasteiger charge is 2.32. The fourth-order valence-electron chi connectivity index (χ4n) is 2.11. The Morgan fingerprint density at radius 3 is 2.42 bits per heavy atom. The zero-order valence-corrected chi connectivity index (χ0v) is 14.7. The van der Waals surface area contributed by atoms with Crippen LogP contribution in [-0.4, -0.2) is 25.7 Å². The van der Waals surface area contributed by atoms with Gasteiger partial charge in [-0.2, -0.15) is 13.2 Å². The molecule has 1 N–H and O–H groups in total. The number of nitrogens with one attached hydrogen (secondary N) is 1. The van der Waals surface area contributed by atoms with E-state index in [0.29, 0.717) is 24.7 Å². The Balaban J connectivity index is 2.56. The minimum atomic E-state index is -4.37. The number of ether oxygens (including phenoxy) is 1. The minimum absolute atomic E-state index is 0.168. The Kier molecular flexibility index (Phi) is 7.27. The molecule has 24 heavy (non-hydrogen) atoms. The van der Waals surface area contributed by atoms with Crippen molar-refractivity contribution in [3.05, 3.63) is 35.4 Å². The molecule has 0 aliphatic carbocycles. The lowest BCUT2D eigenvalue weighted by Crippen LogP contribution is -2.37. The summed E-state index contributed by atoms with van der Waals surface area (Å²) in [6.45, 7) is 8.86. The maximum atomic E-state index is 12.8. The largest absolute Gasteiger partial charge is 0.416 e. The van der Waals surface area contributed by atoms with Crippen molar-refractivity contribution >= 4 is 5.91 Å². The molecule has 0 saturated heterocycles. The maximum absolute atomic E-state index is 12.8. The summed E-state index contributed by atoms with van der Waals surface area (Å²) in [4.78, 5) is 11.8. The van der Waals surface area contributed by atoms with Crippen LogP contribution in [0.4, 0.5) is 13.2 Å². The van der Waals surface area contributed by atoms with E-state index in [1.54, 1.807) is 19.9 Å². The van der Waals surface area contributed by atoms with Gasteiger partial charge in [0.2, 0.25) is 5.91 Å². The van der Waals surface area contributed by atoms with Crippen LogP contribution in [0.25, 0.3) is 0 Å². The standard InChI is InChI=1S/C18H26F3NO2/c1-13(2)11-24-9-8-16(23)22-12-17(3,4)14-6-5-7-15(10-14)18(19,20)21/h5-7,10,13H,8-9,11-12H2,1-4H3,(H,22,23). The van der Waals surface area contributed by atoms with Crippen LogP contribution in [0.2, 0.25) is 0 Å². The number of hydrogen-bond donors (Lipinski definition) is 1. The Morgan fingerprint density at radius 2 is 1.83 bits per heavy atom. The second kappa shape index (κ2) is 8.51. The summed E-state index contributed by atoms with van der Waals surface area (Å²) in [5, 5.41) is 2.77. The van der Waals surface area contributed by atoms with Gasteiger partial charge in [0, 0.05) is 25.0 Å². The normalized spacial score (nSPS) is 12.5. The van der Waals surface area contributed by atoms with Gasteiger partial charge in [0.1, 0.15) is 0 Å². The van der Waals surface area contributed by atoms with Crippen molar-refractivity contribution in [3.63, 3.8) is 0 Å². The number of alkyl halides is 3. The molecule has 0 aliphatic rings. The highest BCUT2D eigenvalue weighted by atomic mass is 19.4. The number of carbonyl (C=O) groups is 1. The molecule has 0 spiro atoms. The lowest BCUT2D eigenvalue weighted by molar-refractivity contribution is -0.137. The molecule has 1 amide bonds. The number of rotatable bonds is 8. The third-order valence-electron chi connectivity index (χ3n) is 3.62. The van der Waals surface area contributed by atoms with Crippen molar-refractivity contribution in [1.29, 1.82) is 0 Å². The molecule has 1 aromatic rings.